The summed E-state index contributed by atoms with van der Waals surface area (Å²) >= 11 is 0. The first kappa shape index (κ1) is 15.7. The fraction of sp³-hybridized carbons (Fsp3) is 0.250. The summed E-state index contributed by atoms with van der Waals surface area (Å²) in [5, 5.41) is 20.0. The molecule has 2 N–H and O–H groups in total. The summed E-state index contributed by atoms with van der Waals surface area (Å²) in [6.07, 6.45) is -2.17. The molecule has 0 amide bonds. The minimum atomic E-state index is -3.58. The van der Waals surface area contributed by atoms with Gasteiger partial charge < -0.3 is 10.2 Å². The molecule has 0 aliphatic rings. The number of aliphatic hydroxyl groups excluding tert-OH is 2. The van der Waals surface area contributed by atoms with Gasteiger partial charge in [0.2, 0.25) is 0 Å². The van der Waals surface area contributed by atoms with Crippen LogP contribution in [0.4, 0.5) is 0 Å². The smallest absolute Gasteiger partial charge is 0.156 e. The molecule has 4 nitrogen and oxygen atoms in total. The van der Waals surface area contributed by atoms with Crippen molar-refractivity contribution in [3.63, 3.8) is 0 Å². The van der Waals surface area contributed by atoms with Crippen LogP contribution in [0.1, 0.15) is 23.3 Å². The van der Waals surface area contributed by atoms with E-state index in [-0.39, 0.29) is 0 Å². The van der Waals surface area contributed by atoms with Crippen molar-refractivity contribution in [1.29, 1.82) is 0 Å². The van der Waals surface area contributed by atoms with Crippen LogP contribution in [0, 0.1) is 0 Å². The first-order chi connectivity index (χ1) is 9.98. The summed E-state index contributed by atoms with van der Waals surface area (Å²) in [5.41, 5.74) is 1.10. The zero-order valence-electron chi connectivity index (χ0n) is 11.5. The van der Waals surface area contributed by atoms with E-state index in [4.69, 9.17) is 0 Å². The molecule has 5 heteroatoms. The highest BCUT2D eigenvalue weighted by atomic mass is 32.2. The van der Waals surface area contributed by atoms with Crippen LogP contribution in [0.5, 0.6) is 0 Å². The first-order valence-electron chi connectivity index (χ1n) is 6.64. The number of hydrogen-bond donors (Lipinski definition) is 2. The maximum atomic E-state index is 12.1. The molecule has 0 spiro atoms. The molecule has 0 heterocycles. The number of hydrogen-bond acceptors (Lipinski definition) is 4. The van der Waals surface area contributed by atoms with Crippen molar-refractivity contribution in [1.82, 2.24) is 0 Å². The lowest BCUT2D eigenvalue weighted by molar-refractivity contribution is 0.194. The second-order valence-corrected chi connectivity index (χ2v) is 7.08. The van der Waals surface area contributed by atoms with Crippen molar-refractivity contribution >= 4 is 9.84 Å². The molecule has 112 valence electrons. The molecule has 0 saturated carbocycles. The second kappa shape index (κ2) is 6.85. The van der Waals surface area contributed by atoms with E-state index < -0.39 is 33.6 Å². The summed E-state index contributed by atoms with van der Waals surface area (Å²) in [6.45, 7) is 0. The normalized spacial score (nSPS) is 14.6. The molecule has 0 bridgehead atoms. The highest BCUT2D eigenvalue weighted by Crippen LogP contribution is 2.19. The lowest BCUT2D eigenvalue weighted by Gasteiger charge is -2.14. The van der Waals surface area contributed by atoms with E-state index >= 15 is 0 Å². The van der Waals surface area contributed by atoms with Crippen molar-refractivity contribution in [3.8, 4) is 0 Å². The van der Waals surface area contributed by atoms with Crippen molar-refractivity contribution < 1.29 is 18.6 Å². The van der Waals surface area contributed by atoms with Crippen LogP contribution in [-0.4, -0.2) is 30.1 Å². The van der Waals surface area contributed by atoms with E-state index in [1.54, 1.807) is 60.7 Å². The average molecular weight is 306 g/mol. The van der Waals surface area contributed by atoms with Crippen molar-refractivity contribution in [2.75, 3.05) is 11.5 Å². The SMILES string of the molecule is O=S(=O)(C[C@H](O)c1ccccc1)C[C@H](O)c1ccccc1. The average Bonchev–Trinajstić information content (AvgIpc) is 2.48. The third-order valence-electron chi connectivity index (χ3n) is 3.19. The quantitative estimate of drug-likeness (QED) is 0.854. The van der Waals surface area contributed by atoms with Gasteiger partial charge in [-0.3, -0.25) is 0 Å². The fourth-order valence-corrected chi connectivity index (χ4v) is 3.58. The van der Waals surface area contributed by atoms with E-state index in [2.05, 4.69) is 0 Å². The predicted molar refractivity (Wildman–Crippen MR) is 81.5 cm³/mol. The lowest BCUT2D eigenvalue weighted by Crippen LogP contribution is -2.21. The number of aliphatic hydroxyl groups is 2. The van der Waals surface area contributed by atoms with E-state index in [1.165, 1.54) is 0 Å². The Kier molecular flexibility index (Phi) is 5.12. The van der Waals surface area contributed by atoms with Gasteiger partial charge in [0, 0.05) is 0 Å². The second-order valence-electron chi connectivity index (χ2n) is 4.93. The van der Waals surface area contributed by atoms with Crippen LogP contribution in [0.2, 0.25) is 0 Å². The van der Waals surface area contributed by atoms with Gasteiger partial charge in [-0.05, 0) is 11.1 Å². The highest BCUT2D eigenvalue weighted by molar-refractivity contribution is 7.91. The molecule has 0 aliphatic heterocycles. The first-order valence-corrected chi connectivity index (χ1v) is 8.46. The predicted octanol–water partition coefficient (Wildman–Crippen LogP) is 1.87. The molecular formula is C16H18O4S. The van der Waals surface area contributed by atoms with Gasteiger partial charge in [0.1, 0.15) is 0 Å². The third kappa shape index (κ3) is 4.67. The Morgan fingerprint density at radius 2 is 1.05 bits per heavy atom. The van der Waals surface area contributed by atoms with Gasteiger partial charge >= 0.3 is 0 Å². The van der Waals surface area contributed by atoms with Crippen LogP contribution in [-0.2, 0) is 9.84 Å². The van der Waals surface area contributed by atoms with Crippen LogP contribution >= 0.6 is 0 Å². The Morgan fingerprint density at radius 3 is 1.38 bits per heavy atom. The third-order valence-corrected chi connectivity index (χ3v) is 4.84. The molecule has 2 aromatic carbocycles. The summed E-state index contributed by atoms with van der Waals surface area (Å²) in [4.78, 5) is 0. The van der Waals surface area contributed by atoms with E-state index in [0.29, 0.717) is 11.1 Å². The van der Waals surface area contributed by atoms with Crippen molar-refractivity contribution in [3.05, 3.63) is 71.8 Å². The molecular weight excluding hydrogens is 288 g/mol. The Balaban J connectivity index is 2.02. The Hall–Kier alpha value is -1.69. The molecule has 0 saturated heterocycles. The van der Waals surface area contributed by atoms with Crippen molar-refractivity contribution in [2.24, 2.45) is 0 Å². The van der Waals surface area contributed by atoms with Crippen LogP contribution in [0.3, 0.4) is 0 Å². The van der Waals surface area contributed by atoms with Crippen LogP contribution in [0.15, 0.2) is 60.7 Å². The van der Waals surface area contributed by atoms with Gasteiger partial charge in [-0.2, -0.15) is 0 Å². The minimum Gasteiger partial charge on any atom is -0.387 e. The molecule has 0 fully saturated rings. The Morgan fingerprint density at radius 1 is 0.714 bits per heavy atom. The zero-order chi connectivity index (χ0) is 15.3. The van der Waals surface area contributed by atoms with Gasteiger partial charge in [-0.25, -0.2) is 8.42 Å². The van der Waals surface area contributed by atoms with Gasteiger partial charge in [0.25, 0.3) is 0 Å². The van der Waals surface area contributed by atoms with Gasteiger partial charge in [-0.15, -0.1) is 0 Å². The maximum absolute atomic E-state index is 12.1. The molecule has 2 atom stereocenters. The lowest BCUT2D eigenvalue weighted by atomic mass is 10.1. The van der Waals surface area contributed by atoms with E-state index in [1.807, 2.05) is 0 Å². The van der Waals surface area contributed by atoms with Gasteiger partial charge in [0.05, 0.1) is 23.7 Å². The summed E-state index contributed by atoms with van der Waals surface area (Å²) in [7, 11) is -3.58. The minimum absolute atomic E-state index is 0.402. The maximum Gasteiger partial charge on any atom is 0.156 e. The van der Waals surface area contributed by atoms with Crippen LogP contribution in [0.25, 0.3) is 0 Å². The van der Waals surface area contributed by atoms with Gasteiger partial charge in [0.15, 0.2) is 9.84 Å². The van der Waals surface area contributed by atoms with E-state index in [0.717, 1.165) is 0 Å². The molecule has 0 unspecified atom stereocenters. The van der Waals surface area contributed by atoms with E-state index in [9.17, 15) is 18.6 Å². The number of sulfone groups is 1. The standard InChI is InChI=1S/C16H18O4S/c17-15(13-7-3-1-4-8-13)11-21(19,20)12-16(18)14-9-5-2-6-10-14/h1-10,15-18H,11-12H2/t15-,16-/m0/s1. The monoisotopic (exact) mass is 306 g/mol. The molecule has 0 aromatic heterocycles. The highest BCUT2D eigenvalue weighted by Gasteiger charge is 2.23. The van der Waals surface area contributed by atoms with Gasteiger partial charge in [-0.1, -0.05) is 60.7 Å². The molecule has 2 rings (SSSR count). The fourth-order valence-electron chi connectivity index (χ4n) is 2.09. The Bertz CT molecular complexity index is 600. The summed E-state index contributed by atoms with van der Waals surface area (Å²) in [6, 6.07) is 17.2. The Labute approximate surface area is 124 Å². The summed E-state index contributed by atoms with van der Waals surface area (Å²) in [5.74, 6) is -0.804. The topological polar surface area (TPSA) is 74.6 Å². The number of rotatable bonds is 6. The molecule has 2 aromatic rings. The number of benzene rings is 2. The molecule has 0 radical (unpaired) electrons. The van der Waals surface area contributed by atoms with Crippen molar-refractivity contribution in [2.45, 2.75) is 12.2 Å². The summed E-state index contributed by atoms with van der Waals surface area (Å²) < 4.78 is 24.2. The largest absolute Gasteiger partial charge is 0.387 e. The molecule has 0 aliphatic carbocycles. The van der Waals surface area contributed by atoms with Crippen LogP contribution < -0.4 is 0 Å². The zero-order valence-corrected chi connectivity index (χ0v) is 12.3. The molecule has 21 heavy (non-hydrogen) atoms.